The summed E-state index contributed by atoms with van der Waals surface area (Å²) in [5.74, 6) is 1.43. The Labute approximate surface area is 180 Å². The van der Waals surface area contributed by atoms with E-state index in [9.17, 15) is 9.59 Å². The molecule has 5 aliphatic carbocycles. The molecule has 4 nitrogen and oxygen atoms in total. The Bertz CT molecular complexity index is 908. The Morgan fingerprint density at radius 2 is 1.67 bits per heavy atom. The normalized spacial score (nSPS) is 49.8. The minimum absolute atomic E-state index is 0.00420. The van der Waals surface area contributed by atoms with E-state index in [1.165, 1.54) is 12.8 Å². The average molecular weight is 407 g/mol. The van der Waals surface area contributed by atoms with Crippen molar-refractivity contribution < 1.29 is 9.59 Å². The van der Waals surface area contributed by atoms with Crippen LogP contribution in [0, 0.1) is 39.4 Å². The lowest BCUT2D eigenvalue weighted by molar-refractivity contribution is -0.116. The van der Waals surface area contributed by atoms with Gasteiger partial charge in [-0.05, 0) is 79.4 Å². The van der Waals surface area contributed by atoms with Crippen molar-refractivity contribution >= 4 is 12.2 Å². The van der Waals surface area contributed by atoms with Crippen molar-refractivity contribution in [1.29, 1.82) is 0 Å². The van der Waals surface area contributed by atoms with Gasteiger partial charge in [0.05, 0.1) is 12.1 Å². The van der Waals surface area contributed by atoms with Gasteiger partial charge in [0.15, 0.2) is 0 Å². The molecule has 4 heteroatoms. The van der Waals surface area contributed by atoms with Crippen molar-refractivity contribution in [2.24, 2.45) is 49.4 Å². The number of carbonyl (C=O) groups excluding carboxylic acids is 2. The van der Waals surface area contributed by atoms with Crippen molar-refractivity contribution in [2.75, 3.05) is 6.54 Å². The molecule has 0 aliphatic heterocycles. The number of hydrogen-bond acceptors (Lipinski definition) is 4. The highest BCUT2D eigenvalue weighted by Crippen LogP contribution is 2.73. The fraction of sp³-hybridized carbons (Fsp3) is 0.769. The van der Waals surface area contributed by atoms with E-state index in [1.807, 2.05) is 6.08 Å². The zero-order chi connectivity index (χ0) is 21.3. The van der Waals surface area contributed by atoms with E-state index in [-0.39, 0.29) is 27.6 Å². The van der Waals surface area contributed by atoms with Gasteiger partial charge in [0.25, 0.3) is 0 Å². The predicted molar refractivity (Wildman–Crippen MR) is 116 cm³/mol. The van der Waals surface area contributed by atoms with E-state index < -0.39 is 5.54 Å². The maximum atomic E-state index is 12.1. The summed E-state index contributed by atoms with van der Waals surface area (Å²) >= 11 is 0. The standard InChI is InChI=1S/C26H34N2O2/c1-22(2)14-23(3,16-27-17-29)21(24-8-4-19(12-24)5-9-24)26(15-22,28-18-30)25-10-6-20(13-25)7-11-25/h4,6,8,10,19-21H,5,7,9,11-16H2,1-3H3. The monoisotopic (exact) mass is 406 g/mol. The van der Waals surface area contributed by atoms with Gasteiger partial charge >= 0.3 is 0 Å². The minimum Gasteiger partial charge on any atom is -0.211 e. The molecule has 0 N–H and O–H groups in total. The van der Waals surface area contributed by atoms with Crippen molar-refractivity contribution in [2.45, 2.75) is 77.7 Å². The SMILES string of the molecule is CC1(C)CC(C)(CN=C=O)C(C23C=CC(CC2)C3)C(N=C=O)(C23C=CC(CC2)C3)C1. The van der Waals surface area contributed by atoms with E-state index in [4.69, 9.17) is 4.99 Å². The van der Waals surface area contributed by atoms with Gasteiger partial charge < -0.3 is 0 Å². The molecule has 0 aromatic rings. The van der Waals surface area contributed by atoms with E-state index in [2.05, 4.69) is 56.1 Å². The third-order valence-corrected chi connectivity index (χ3v) is 9.59. The highest BCUT2D eigenvalue weighted by Gasteiger charge is 2.71. The molecule has 4 bridgehead atoms. The number of isocyanates is 2. The molecule has 160 valence electrons. The lowest BCUT2D eigenvalue weighted by atomic mass is 9.40. The summed E-state index contributed by atoms with van der Waals surface area (Å²) in [5, 5.41) is 0. The van der Waals surface area contributed by atoms with Crippen LogP contribution in [0.3, 0.4) is 0 Å². The summed E-state index contributed by atoms with van der Waals surface area (Å²) in [5.41, 5.74) is -0.740. The van der Waals surface area contributed by atoms with Crippen LogP contribution in [0.15, 0.2) is 34.3 Å². The summed E-state index contributed by atoms with van der Waals surface area (Å²) in [6.07, 6.45) is 22.4. The highest BCUT2D eigenvalue weighted by atomic mass is 16.1. The fourth-order valence-electron chi connectivity index (χ4n) is 9.39. The minimum atomic E-state index is -0.491. The van der Waals surface area contributed by atoms with E-state index >= 15 is 0 Å². The number of fused-ring (bicyclic) bond motifs is 4. The Morgan fingerprint density at radius 1 is 0.933 bits per heavy atom. The molecule has 5 rings (SSSR count). The Kier molecular flexibility index (Phi) is 4.28. The lowest BCUT2D eigenvalue weighted by Crippen LogP contribution is -2.65. The summed E-state index contributed by atoms with van der Waals surface area (Å²) in [6.45, 7) is 7.39. The molecule has 0 radical (unpaired) electrons. The zero-order valence-electron chi connectivity index (χ0n) is 18.6. The largest absolute Gasteiger partial charge is 0.235 e. The molecule has 0 saturated heterocycles. The molecule has 0 aromatic carbocycles. The summed E-state index contributed by atoms with van der Waals surface area (Å²) in [6, 6.07) is 0. The second kappa shape index (κ2) is 6.38. The molecule has 0 aromatic heterocycles. The Balaban J connectivity index is 1.77. The van der Waals surface area contributed by atoms with E-state index in [0.717, 1.165) is 38.5 Å². The molecule has 3 fully saturated rings. The van der Waals surface area contributed by atoms with Gasteiger partial charge in [-0.3, -0.25) is 0 Å². The smallest absolute Gasteiger partial charge is 0.211 e. The topological polar surface area (TPSA) is 58.9 Å². The number of allylic oxidation sites excluding steroid dienone is 3. The first-order valence-corrected chi connectivity index (χ1v) is 11.7. The second-order valence-electron chi connectivity index (χ2n) is 12.3. The van der Waals surface area contributed by atoms with Gasteiger partial charge in [-0.2, -0.15) is 4.99 Å². The highest BCUT2D eigenvalue weighted by molar-refractivity contribution is 5.42. The molecule has 0 spiro atoms. The van der Waals surface area contributed by atoms with Crippen LogP contribution in [0.5, 0.6) is 0 Å². The van der Waals surface area contributed by atoms with Crippen LogP contribution < -0.4 is 0 Å². The predicted octanol–water partition coefficient (Wildman–Crippen LogP) is 5.55. The van der Waals surface area contributed by atoms with Gasteiger partial charge in [0, 0.05) is 11.3 Å². The molecule has 5 aliphatic rings. The van der Waals surface area contributed by atoms with Crippen LogP contribution in [0.1, 0.15) is 72.1 Å². The van der Waals surface area contributed by atoms with Gasteiger partial charge in [0.2, 0.25) is 12.2 Å². The van der Waals surface area contributed by atoms with Crippen molar-refractivity contribution in [3.8, 4) is 0 Å². The zero-order valence-corrected chi connectivity index (χ0v) is 18.6. The Hall–Kier alpha value is -1.76. The number of aliphatic imine (C=N–C) groups is 2. The maximum absolute atomic E-state index is 12.1. The third-order valence-electron chi connectivity index (χ3n) is 9.59. The third kappa shape index (κ3) is 2.60. The molecule has 7 unspecified atom stereocenters. The van der Waals surface area contributed by atoms with E-state index in [0.29, 0.717) is 18.4 Å². The molecule has 0 heterocycles. The van der Waals surface area contributed by atoms with Crippen molar-refractivity contribution in [3.63, 3.8) is 0 Å². The molecule has 0 amide bonds. The molecule has 30 heavy (non-hydrogen) atoms. The van der Waals surface area contributed by atoms with Crippen LogP contribution in [0.25, 0.3) is 0 Å². The number of nitrogens with zero attached hydrogens (tertiary/aromatic N) is 2. The van der Waals surface area contributed by atoms with Crippen LogP contribution in [0.4, 0.5) is 0 Å². The van der Waals surface area contributed by atoms with Crippen LogP contribution >= 0.6 is 0 Å². The maximum Gasteiger partial charge on any atom is 0.235 e. The van der Waals surface area contributed by atoms with Gasteiger partial charge in [-0.1, -0.05) is 45.1 Å². The summed E-state index contributed by atoms with van der Waals surface area (Å²) in [7, 11) is 0. The van der Waals surface area contributed by atoms with Crippen molar-refractivity contribution in [1.82, 2.24) is 0 Å². The quantitative estimate of drug-likeness (QED) is 0.341. The fourth-order valence-corrected chi connectivity index (χ4v) is 9.39. The first kappa shape index (κ1) is 20.2. The van der Waals surface area contributed by atoms with Crippen LogP contribution in [-0.2, 0) is 9.59 Å². The Morgan fingerprint density at radius 3 is 2.17 bits per heavy atom. The number of hydrogen-bond donors (Lipinski definition) is 0. The van der Waals surface area contributed by atoms with Gasteiger partial charge in [-0.25, -0.2) is 14.6 Å². The molecular weight excluding hydrogens is 372 g/mol. The van der Waals surface area contributed by atoms with Gasteiger partial charge in [-0.15, -0.1) is 0 Å². The van der Waals surface area contributed by atoms with Crippen LogP contribution in [0.2, 0.25) is 0 Å². The summed E-state index contributed by atoms with van der Waals surface area (Å²) in [4.78, 5) is 32.3. The number of rotatable bonds is 5. The van der Waals surface area contributed by atoms with Crippen molar-refractivity contribution in [3.05, 3.63) is 24.3 Å². The first-order chi connectivity index (χ1) is 14.2. The molecular formula is C26H34N2O2. The second-order valence-corrected chi connectivity index (χ2v) is 12.3. The van der Waals surface area contributed by atoms with E-state index in [1.54, 1.807) is 0 Å². The average Bonchev–Trinajstić information content (AvgIpc) is 3.46. The first-order valence-electron chi connectivity index (χ1n) is 11.7. The van der Waals surface area contributed by atoms with Crippen LogP contribution in [-0.4, -0.2) is 24.2 Å². The summed E-state index contributed by atoms with van der Waals surface area (Å²) < 4.78 is 0. The van der Waals surface area contributed by atoms with Gasteiger partial charge in [0.1, 0.15) is 0 Å². The molecule has 3 saturated carbocycles. The lowest BCUT2D eigenvalue weighted by Gasteiger charge is -2.65. The molecule has 7 atom stereocenters.